The molecule has 0 fully saturated rings. The second-order valence-corrected chi connectivity index (χ2v) is 6.93. The Bertz CT molecular complexity index is 1030. The highest BCUT2D eigenvalue weighted by Crippen LogP contribution is 2.20. The van der Waals surface area contributed by atoms with Gasteiger partial charge in [-0.05, 0) is 19.1 Å². The SMILES string of the molecule is Cc1ccc(C(=O)NCCc2csc3nc(-c4ccccc4)nn23)cc1. The number of thiazole rings is 1. The first-order valence-corrected chi connectivity index (χ1v) is 9.32. The van der Waals surface area contributed by atoms with Gasteiger partial charge < -0.3 is 5.32 Å². The summed E-state index contributed by atoms with van der Waals surface area (Å²) < 4.78 is 1.87. The van der Waals surface area contributed by atoms with Crippen LogP contribution in [0.4, 0.5) is 0 Å². The highest BCUT2D eigenvalue weighted by atomic mass is 32.1. The summed E-state index contributed by atoms with van der Waals surface area (Å²) in [6.45, 7) is 2.56. The van der Waals surface area contributed by atoms with Gasteiger partial charge in [-0.15, -0.1) is 16.4 Å². The lowest BCUT2D eigenvalue weighted by atomic mass is 10.1. The molecule has 0 aliphatic heterocycles. The molecule has 130 valence electrons. The van der Waals surface area contributed by atoms with Crippen molar-refractivity contribution in [3.05, 3.63) is 76.8 Å². The Labute approximate surface area is 155 Å². The summed E-state index contributed by atoms with van der Waals surface area (Å²) in [6, 6.07) is 17.5. The predicted molar refractivity (Wildman–Crippen MR) is 104 cm³/mol. The minimum atomic E-state index is -0.0555. The number of fused-ring (bicyclic) bond motifs is 1. The number of amides is 1. The van der Waals surface area contributed by atoms with E-state index in [1.165, 1.54) is 0 Å². The fourth-order valence-electron chi connectivity index (χ4n) is 2.72. The number of nitrogens with zero attached hydrogens (tertiary/aromatic N) is 3. The quantitative estimate of drug-likeness (QED) is 0.588. The second kappa shape index (κ2) is 7.09. The number of aryl methyl sites for hydroxylation is 1. The Morgan fingerprint density at radius 2 is 1.88 bits per heavy atom. The van der Waals surface area contributed by atoms with Gasteiger partial charge in [-0.3, -0.25) is 4.79 Å². The first-order valence-electron chi connectivity index (χ1n) is 8.44. The molecular formula is C20H18N4OS. The lowest BCUT2D eigenvalue weighted by Gasteiger charge is -2.05. The molecule has 4 aromatic rings. The van der Waals surface area contributed by atoms with Crippen molar-refractivity contribution in [1.29, 1.82) is 0 Å². The number of nitrogens with one attached hydrogen (secondary N) is 1. The van der Waals surface area contributed by atoms with Crippen molar-refractivity contribution < 1.29 is 4.79 Å². The van der Waals surface area contributed by atoms with Gasteiger partial charge in [0.2, 0.25) is 4.96 Å². The van der Waals surface area contributed by atoms with E-state index in [1.807, 2.05) is 71.4 Å². The van der Waals surface area contributed by atoms with E-state index in [-0.39, 0.29) is 5.91 Å². The summed E-state index contributed by atoms with van der Waals surface area (Å²) in [5, 5.41) is 9.62. The molecule has 1 N–H and O–H groups in total. The topological polar surface area (TPSA) is 59.3 Å². The van der Waals surface area contributed by atoms with Gasteiger partial charge in [0, 0.05) is 29.5 Å². The zero-order valence-corrected chi connectivity index (χ0v) is 15.2. The van der Waals surface area contributed by atoms with E-state index in [9.17, 15) is 4.79 Å². The summed E-state index contributed by atoms with van der Waals surface area (Å²) in [7, 11) is 0. The number of hydrogen-bond acceptors (Lipinski definition) is 4. The first kappa shape index (κ1) is 16.5. The molecule has 6 heteroatoms. The average molecular weight is 362 g/mol. The third-order valence-corrected chi connectivity index (χ3v) is 5.03. The van der Waals surface area contributed by atoms with Crippen LogP contribution in [0.2, 0.25) is 0 Å². The molecule has 0 saturated carbocycles. The summed E-state index contributed by atoms with van der Waals surface area (Å²) in [5.41, 5.74) is 3.87. The molecule has 2 aromatic heterocycles. The van der Waals surface area contributed by atoms with Crippen molar-refractivity contribution >= 4 is 22.2 Å². The van der Waals surface area contributed by atoms with Crippen molar-refractivity contribution in [2.45, 2.75) is 13.3 Å². The Morgan fingerprint density at radius 3 is 2.65 bits per heavy atom. The third-order valence-electron chi connectivity index (χ3n) is 4.16. The van der Waals surface area contributed by atoms with Gasteiger partial charge in [-0.1, -0.05) is 48.0 Å². The summed E-state index contributed by atoms with van der Waals surface area (Å²) >= 11 is 1.56. The molecule has 1 amide bonds. The molecule has 0 atom stereocenters. The van der Waals surface area contributed by atoms with Crippen molar-refractivity contribution in [2.24, 2.45) is 0 Å². The van der Waals surface area contributed by atoms with Gasteiger partial charge >= 0.3 is 0 Å². The van der Waals surface area contributed by atoms with Crippen molar-refractivity contribution in [3.63, 3.8) is 0 Å². The molecular weight excluding hydrogens is 344 g/mol. The van der Waals surface area contributed by atoms with Gasteiger partial charge in [0.25, 0.3) is 5.91 Å². The maximum Gasteiger partial charge on any atom is 0.251 e. The number of aromatic nitrogens is 3. The maximum atomic E-state index is 12.2. The van der Waals surface area contributed by atoms with Crippen LogP contribution in [0.15, 0.2) is 60.0 Å². The second-order valence-electron chi connectivity index (χ2n) is 6.09. The molecule has 5 nitrogen and oxygen atoms in total. The molecule has 0 aliphatic rings. The van der Waals surface area contributed by atoms with Gasteiger partial charge in [0.15, 0.2) is 5.82 Å². The van der Waals surface area contributed by atoms with E-state index in [0.29, 0.717) is 18.5 Å². The third kappa shape index (κ3) is 3.36. The number of carbonyl (C=O) groups excluding carboxylic acids is 1. The normalized spacial score (nSPS) is 11.0. The summed E-state index contributed by atoms with van der Waals surface area (Å²) in [5.74, 6) is 0.669. The van der Waals surface area contributed by atoms with Crippen LogP contribution in [0.25, 0.3) is 16.3 Å². The Kier molecular flexibility index (Phi) is 4.50. The fourth-order valence-corrected chi connectivity index (χ4v) is 3.57. The van der Waals surface area contributed by atoms with Gasteiger partial charge in [0.1, 0.15) is 0 Å². The minimum Gasteiger partial charge on any atom is -0.352 e. The number of rotatable bonds is 5. The Morgan fingerprint density at radius 1 is 1.12 bits per heavy atom. The van der Waals surface area contributed by atoms with Crippen LogP contribution in [-0.2, 0) is 6.42 Å². The summed E-state index contributed by atoms with van der Waals surface area (Å²) in [6.07, 6.45) is 0.704. The first-order chi connectivity index (χ1) is 12.7. The van der Waals surface area contributed by atoms with Crippen molar-refractivity contribution in [3.8, 4) is 11.4 Å². The van der Waals surface area contributed by atoms with Crippen LogP contribution in [0.1, 0.15) is 21.6 Å². The van der Waals surface area contributed by atoms with Gasteiger partial charge in [-0.2, -0.15) is 4.98 Å². The smallest absolute Gasteiger partial charge is 0.251 e. The minimum absolute atomic E-state index is 0.0555. The molecule has 2 heterocycles. The zero-order valence-electron chi connectivity index (χ0n) is 14.3. The standard InChI is InChI=1S/C20H18N4OS/c1-14-7-9-16(10-8-14)19(25)21-12-11-17-13-26-20-22-18(23-24(17)20)15-5-3-2-4-6-15/h2-10,13H,11-12H2,1H3,(H,21,25). The monoisotopic (exact) mass is 362 g/mol. The molecule has 0 unspecified atom stereocenters. The van der Waals surface area contributed by atoms with Crippen LogP contribution in [0, 0.1) is 6.92 Å². The number of carbonyl (C=O) groups is 1. The molecule has 0 bridgehead atoms. The molecule has 0 aliphatic carbocycles. The van der Waals surface area contributed by atoms with E-state index >= 15 is 0 Å². The molecule has 4 rings (SSSR count). The highest BCUT2D eigenvalue weighted by molar-refractivity contribution is 7.15. The predicted octanol–water partition coefficient (Wildman–Crippen LogP) is 3.74. The van der Waals surface area contributed by atoms with Crippen LogP contribution in [0.5, 0.6) is 0 Å². The lowest BCUT2D eigenvalue weighted by molar-refractivity contribution is 0.0954. The maximum absolute atomic E-state index is 12.2. The van der Waals surface area contributed by atoms with Crippen LogP contribution in [-0.4, -0.2) is 27.0 Å². The summed E-state index contributed by atoms with van der Waals surface area (Å²) in [4.78, 5) is 17.6. The molecule has 26 heavy (non-hydrogen) atoms. The Balaban J connectivity index is 1.43. The average Bonchev–Trinajstić information content (AvgIpc) is 3.25. The lowest BCUT2D eigenvalue weighted by Crippen LogP contribution is -2.25. The number of hydrogen-bond donors (Lipinski definition) is 1. The van der Waals surface area contributed by atoms with Gasteiger partial charge in [-0.25, -0.2) is 4.52 Å². The van der Waals surface area contributed by atoms with E-state index in [0.717, 1.165) is 27.6 Å². The fraction of sp³-hybridized carbons (Fsp3) is 0.150. The molecule has 0 spiro atoms. The molecule has 2 aromatic carbocycles. The van der Waals surface area contributed by atoms with E-state index < -0.39 is 0 Å². The zero-order chi connectivity index (χ0) is 17.9. The van der Waals surface area contributed by atoms with E-state index in [1.54, 1.807) is 11.3 Å². The van der Waals surface area contributed by atoms with E-state index in [2.05, 4.69) is 15.4 Å². The largest absolute Gasteiger partial charge is 0.352 e. The Hall–Kier alpha value is -2.99. The number of benzene rings is 2. The van der Waals surface area contributed by atoms with Crippen LogP contribution < -0.4 is 5.32 Å². The van der Waals surface area contributed by atoms with Crippen LogP contribution >= 0.6 is 11.3 Å². The highest BCUT2D eigenvalue weighted by Gasteiger charge is 2.12. The van der Waals surface area contributed by atoms with Crippen molar-refractivity contribution in [2.75, 3.05) is 6.54 Å². The van der Waals surface area contributed by atoms with Gasteiger partial charge in [0.05, 0.1) is 5.69 Å². The molecule has 0 radical (unpaired) electrons. The van der Waals surface area contributed by atoms with Crippen LogP contribution in [0.3, 0.4) is 0 Å². The van der Waals surface area contributed by atoms with E-state index in [4.69, 9.17) is 0 Å². The van der Waals surface area contributed by atoms with Crippen molar-refractivity contribution in [1.82, 2.24) is 19.9 Å². The molecule has 0 saturated heterocycles.